The van der Waals surface area contributed by atoms with Crippen LogP contribution >= 0.6 is 0 Å². The van der Waals surface area contributed by atoms with E-state index in [9.17, 15) is 18.0 Å². The Morgan fingerprint density at radius 1 is 1.40 bits per heavy atom. The minimum Gasteiger partial charge on any atom is -0.336 e. The lowest BCUT2D eigenvalue weighted by Crippen LogP contribution is -2.41. The fourth-order valence-corrected chi connectivity index (χ4v) is 5.22. The number of aryl methyl sites for hydroxylation is 1. The molecule has 2 saturated heterocycles. The molecule has 0 radical (unpaired) electrons. The van der Waals surface area contributed by atoms with Gasteiger partial charge in [-0.15, -0.1) is 0 Å². The minimum atomic E-state index is -3.06. The van der Waals surface area contributed by atoms with Crippen molar-refractivity contribution in [2.45, 2.75) is 26.3 Å². The molecule has 7 nitrogen and oxygen atoms in total. The first-order valence-electron chi connectivity index (χ1n) is 8.50. The summed E-state index contributed by atoms with van der Waals surface area (Å²) in [6.07, 6.45) is 0.481. The molecule has 8 heteroatoms. The van der Waals surface area contributed by atoms with E-state index < -0.39 is 9.84 Å². The standard InChI is InChI=1S/C17H23N3O4S/c1-3-19(14-6-9-25(23,24)11-14)16(21)13-5-4-12(2)15(10-13)20-8-7-18-17(20)22/h4-5,10,14H,3,6-9,11H2,1-2H3,(H,18,22)/t14-/m1/s1. The predicted octanol–water partition coefficient (Wildman–Crippen LogP) is 1.17. The number of urea groups is 1. The van der Waals surface area contributed by atoms with E-state index in [0.717, 1.165) is 11.3 Å². The van der Waals surface area contributed by atoms with Gasteiger partial charge in [-0.25, -0.2) is 13.2 Å². The van der Waals surface area contributed by atoms with Gasteiger partial charge in [0.25, 0.3) is 5.91 Å². The molecule has 0 spiro atoms. The van der Waals surface area contributed by atoms with Crippen LogP contribution in [0.15, 0.2) is 18.2 Å². The molecular formula is C17H23N3O4S. The first-order chi connectivity index (χ1) is 11.8. The summed E-state index contributed by atoms with van der Waals surface area (Å²) in [4.78, 5) is 28.1. The molecule has 1 aromatic carbocycles. The molecule has 2 heterocycles. The summed E-state index contributed by atoms with van der Waals surface area (Å²) in [5.41, 5.74) is 2.11. The van der Waals surface area contributed by atoms with Crippen LogP contribution in [-0.4, -0.2) is 62.4 Å². The largest absolute Gasteiger partial charge is 0.336 e. The Morgan fingerprint density at radius 3 is 2.72 bits per heavy atom. The Hall–Kier alpha value is -2.09. The summed E-state index contributed by atoms with van der Waals surface area (Å²) < 4.78 is 23.5. The van der Waals surface area contributed by atoms with Crippen molar-refractivity contribution in [3.63, 3.8) is 0 Å². The molecule has 2 aliphatic heterocycles. The van der Waals surface area contributed by atoms with Crippen molar-refractivity contribution in [3.05, 3.63) is 29.3 Å². The summed E-state index contributed by atoms with van der Waals surface area (Å²) in [6, 6.07) is 4.85. The van der Waals surface area contributed by atoms with Gasteiger partial charge in [0, 0.05) is 36.9 Å². The van der Waals surface area contributed by atoms with Crippen LogP contribution in [0.5, 0.6) is 0 Å². The van der Waals surface area contributed by atoms with E-state index in [4.69, 9.17) is 0 Å². The van der Waals surface area contributed by atoms with E-state index in [1.54, 1.807) is 21.9 Å². The van der Waals surface area contributed by atoms with Crippen LogP contribution < -0.4 is 10.2 Å². The zero-order valence-corrected chi connectivity index (χ0v) is 15.3. The highest BCUT2D eigenvalue weighted by atomic mass is 32.2. The topological polar surface area (TPSA) is 86.8 Å². The van der Waals surface area contributed by atoms with E-state index in [0.29, 0.717) is 31.6 Å². The number of carbonyl (C=O) groups is 2. The second kappa shape index (κ2) is 6.67. The first kappa shape index (κ1) is 17.7. The molecule has 0 bridgehead atoms. The molecule has 1 aromatic rings. The Kier molecular flexibility index (Phi) is 4.73. The highest BCUT2D eigenvalue weighted by molar-refractivity contribution is 7.91. The number of hydrogen-bond donors (Lipinski definition) is 1. The Balaban J connectivity index is 1.87. The number of amides is 3. The number of carbonyl (C=O) groups excluding carboxylic acids is 2. The van der Waals surface area contributed by atoms with Gasteiger partial charge in [0.05, 0.1) is 11.5 Å². The summed E-state index contributed by atoms with van der Waals surface area (Å²) in [5, 5.41) is 2.76. The molecule has 1 N–H and O–H groups in total. The molecule has 1 atom stereocenters. The minimum absolute atomic E-state index is 0.0276. The second-order valence-corrected chi connectivity index (χ2v) is 8.76. The molecule has 0 unspecified atom stereocenters. The van der Waals surface area contributed by atoms with Gasteiger partial charge in [-0.1, -0.05) is 6.07 Å². The number of nitrogens with one attached hydrogen (secondary N) is 1. The van der Waals surface area contributed by atoms with E-state index in [1.165, 1.54) is 0 Å². The zero-order chi connectivity index (χ0) is 18.2. The molecule has 3 rings (SSSR count). The smallest absolute Gasteiger partial charge is 0.322 e. The summed E-state index contributed by atoms with van der Waals surface area (Å²) in [6.45, 7) is 5.35. The van der Waals surface area contributed by atoms with Gasteiger partial charge >= 0.3 is 6.03 Å². The second-order valence-electron chi connectivity index (χ2n) is 6.53. The number of anilines is 1. The van der Waals surface area contributed by atoms with Crippen molar-refractivity contribution in [2.24, 2.45) is 0 Å². The van der Waals surface area contributed by atoms with Crippen molar-refractivity contribution in [1.82, 2.24) is 10.2 Å². The normalized spacial score (nSPS) is 22.1. The summed E-state index contributed by atoms with van der Waals surface area (Å²) in [7, 11) is -3.06. The van der Waals surface area contributed by atoms with Crippen LogP contribution in [0.1, 0.15) is 29.3 Å². The Morgan fingerprint density at radius 2 is 2.16 bits per heavy atom. The van der Waals surface area contributed by atoms with Gasteiger partial charge in [-0.3, -0.25) is 9.69 Å². The van der Waals surface area contributed by atoms with Crippen molar-refractivity contribution in [3.8, 4) is 0 Å². The maximum absolute atomic E-state index is 12.9. The zero-order valence-electron chi connectivity index (χ0n) is 14.5. The molecule has 0 aliphatic carbocycles. The van der Waals surface area contributed by atoms with E-state index in [2.05, 4.69) is 5.32 Å². The van der Waals surface area contributed by atoms with Gasteiger partial charge in [-0.05, 0) is 38.0 Å². The van der Waals surface area contributed by atoms with Gasteiger partial charge in [0.2, 0.25) is 0 Å². The van der Waals surface area contributed by atoms with Crippen molar-refractivity contribution in [1.29, 1.82) is 0 Å². The van der Waals surface area contributed by atoms with E-state index in [1.807, 2.05) is 19.9 Å². The molecule has 3 amide bonds. The molecule has 25 heavy (non-hydrogen) atoms. The fourth-order valence-electron chi connectivity index (χ4n) is 3.49. The summed E-state index contributed by atoms with van der Waals surface area (Å²) >= 11 is 0. The molecule has 2 aliphatic rings. The SMILES string of the molecule is CCN(C(=O)c1ccc(C)c(N2CCNC2=O)c1)[C@@H]1CCS(=O)(=O)C1. The Labute approximate surface area is 147 Å². The number of hydrogen-bond acceptors (Lipinski definition) is 4. The molecular weight excluding hydrogens is 342 g/mol. The lowest BCUT2D eigenvalue weighted by atomic mass is 10.1. The lowest BCUT2D eigenvalue weighted by molar-refractivity contribution is 0.0708. The van der Waals surface area contributed by atoms with Gasteiger partial charge in [0.15, 0.2) is 9.84 Å². The van der Waals surface area contributed by atoms with Crippen molar-refractivity contribution < 1.29 is 18.0 Å². The molecule has 2 fully saturated rings. The predicted molar refractivity (Wildman–Crippen MR) is 95.7 cm³/mol. The van der Waals surface area contributed by atoms with Crippen LogP contribution in [0.3, 0.4) is 0 Å². The van der Waals surface area contributed by atoms with Gasteiger partial charge in [0.1, 0.15) is 0 Å². The lowest BCUT2D eigenvalue weighted by Gasteiger charge is -2.27. The maximum Gasteiger partial charge on any atom is 0.322 e. The quantitative estimate of drug-likeness (QED) is 0.868. The fraction of sp³-hybridized carbons (Fsp3) is 0.529. The third-order valence-electron chi connectivity index (χ3n) is 4.85. The summed E-state index contributed by atoms with van der Waals surface area (Å²) in [5.74, 6) is -0.0283. The van der Waals surface area contributed by atoms with E-state index in [-0.39, 0.29) is 29.5 Å². The Bertz CT molecular complexity index is 806. The third kappa shape index (κ3) is 3.49. The monoisotopic (exact) mass is 365 g/mol. The maximum atomic E-state index is 12.9. The van der Waals surface area contributed by atoms with Crippen molar-refractivity contribution in [2.75, 3.05) is 36.0 Å². The van der Waals surface area contributed by atoms with Crippen LogP contribution in [0.4, 0.5) is 10.5 Å². The van der Waals surface area contributed by atoms with Gasteiger partial charge < -0.3 is 10.2 Å². The van der Waals surface area contributed by atoms with Crippen molar-refractivity contribution >= 4 is 27.5 Å². The third-order valence-corrected chi connectivity index (χ3v) is 6.60. The average molecular weight is 365 g/mol. The number of rotatable bonds is 4. The van der Waals surface area contributed by atoms with E-state index >= 15 is 0 Å². The highest BCUT2D eigenvalue weighted by Gasteiger charge is 2.34. The van der Waals surface area contributed by atoms with Gasteiger partial charge in [-0.2, -0.15) is 0 Å². The number of nitrogens with zero attached hydrogens (tertiary/aromatic N) is 2. The molecule has 0 saturated carbocycles. The number of sulfone groups is 1. The highest BCUT2D eigenvalue weighted by Crippen LogP contribution is 2.26. The van der Waals surface area contributed by atoms with Crippen LogP contribution in [0, 0.1) is 6.92 Å². The molecule has 0 aromatic heterocycles. The number of benzene rings is 1. The molecule has 136 valence electrons. The average Bonchev–Trinajstić information content (AvgIpc) is 3.14. The van der Waals surface area contributed by atoms with Crippen LogP contribution in [0.2, 0.25) is 0 Å². The van der Waals surface area contributed by atoms with Crippen LogP contribution in [0.25, 0.3) is 0 Å². The first-order valence-corrected chi connectivity index (χ1v) is 10.3. The van der Waals surface area contributed by atoms with Crippen LogP contribution in [-0.2, 0) is 9.84 Å².